The minimum absolute atomic E-state index is 0. The number of carbonyl (C=O) groups is 12. The third-order valence-electron chi connectivity index (χ3n) is 14.1. The molecule has 0 bridgehead atoms. The molecule has 0 spiro atoms. The number of hydrogen-bond donors (Lipinski definition) is 3. The van der Waals surface area contributed by atoms with E-state index in [-0.39, 0.29) is 171 Å². The van der Waals surface area contributed by atoms with Crippen molar-refractivity contribution < 1.29 is 102 Å². The third-order valence-corrected chi connectivity index (χ3v) is 39.4. The number of rotatable bonds is 26. The minimum Gasteiger partial charge on any atom is -0.813 e. The summed E-state index contributed by atoms with van der Waals surface area (Å²) in [5.41, 5.74) is 4.42. The SMILES string of the molecule is C.CO.C[C@@H](CC(=O)[C@@H](C)Cc1ccccc1)C(=O)S.C[C@@H](Cc1ccccc1)C(=O)C[C@H](C)C(=O)ON1C(=O)CCC1=O.C[C@H](CC(=O)[C@@H](C)Cc1ccccc1)C(=O)ON1C(=O)CCC1=O.C[C@H](CC(=O)[C@@H](C)Cc1ccccc1)C(=O)S.S=S=S=S=S=S=S=S=S=S=S=S=S=S.[Na+].[SH-]. The molecule has 2 aliphatic heterocycles. The number of carbonyl (C=O) groups excluding carboxylic acids is 12. The number of benzene rings is 4. The predicted molar refractivity (Wildman–Crippen MR) is 441 cm³/mol. The number of ketones is 4. The van der Waals surface area contributed by atoms with Gasteiger partial charge in [-0.25, -0.2) is 9.59 Å². The molecule has 8 atom stereocenters. The van der Waals surface area contributed by atoms with Gasteiger partial charge in [-0.05, 0) is 47.9 Å². The van der Waals surface area contributed by atoms with Crippen LogP contribution in [0.5, 0.6) is 0 Å². The van der Waals surface area contributed by atoms with Crippen LogP contribution in [0.4, 0.5) is 0 Å². The Morgan fingerprint density at radius 2 is 0.564 bits per heavy atom. The Bertz CT molecular complexity index is 3620. The van der Waals surface area contributed by atoms with Crippen LogP contribution in [0.15, 0.2) is 121 Å². The molecule has 2 saturated heterocycles. The van der Waals surface area contributed by atoms with E-state index in [1.54, 1.807) is 116 Å². The van der Waals surface area contributed by atoms with Crippen molar-refractivity contribution in [1.82, 2.24) is 10.1 Å². The van der Waals surface area contributed by atoms with Crippen molar-refractivity contribution >= 4 is 237 Å². The maximum Gasteiger partial charge on any atom is 1.00 e. The van der Waals surface area contributed by atoms with Gasteiger partial charge in [0.2, 0.25) is 0 Å². The predicted octanol–water partition coefficient (Wildman–Crippen LogP) is 6.91. The van der Waals surface area contributed by atoms with E-state index in [2.05, 4.69) is 25.3 Å². The molecular weight excluding hydrogens is 1630 g/mol. The van der Waals surface area contributed by atoms with Gasteiger partial charge < -0.3 is 28.3 Å². The molecule has 0 aromatic heterocycles. The Balaban J connectivity index is -0.00000119. The largest absolute Gasteiger partial charge is 1.00 e. The maximum absolute atomic E-state index is 12.3. The minimum atomic E-state index is -0.737. The molecule has 6 rings (SSSR count). The van der Waals surface area contributed by atoms with Crippen molar-refractivity contribution in [3.63, 3.8) is 0 Å². The molecular formula is C66H87N2NaO15S17. The summed E-state index contributed by atoms with van der Waals surface area (Å²) in [5.74, 6) is -5.96. The van der Waals surface area contributed by atoms with Gasteiger partial charge in [-0.3, -0.25) is 47.9 Å². The average molecular weight is 1720 g/mol. The third kappa shape index (κ3) is 46.1. The second-order valence-corrected chi connectivity index (χ2v) is 44.2. The van der Waals surface area contributed by atoms with E-state index < -0.39 is 47.4 Å². The van der Waals surface area contributed by atoms with Gasteiger partial charge in [-0.15, -0.1) is 35.4 Å². The second kappa shape index (κ2) is 61.2. The number of hydroxylamine groups is 4. The molecule has 101 heavy (non-hydrogen) atoms. The fourth-order valence-corrected chi connectivity index (χ4v) is 36.1. The van der Waals surface area contributed by atoms with E-state index in [0.29, 0.717) is 23.0 Å². The molecule has 4 aromatic carbocycles. The van der Waals surface area contributed by atoms with E-state index in [1.807, 2.05) is 149 Å². The number of imide groups is 2. The summed E-state index contributed by atoms with van der Waals surface area (Å²) < 4.78 is 0. The normalized spacial score (nSPS) is 13.8. The first kappa shape index (κ1) is 102. The summed E-state index contributed by atoms with van der Waals surface area (Å²) in [6.07, 6.45) is 3.47. The van der Waals surface area contributed by atoms with Crippen LogP contribution in [0.2, 0.25) is 0 Å². The molecule has 0 aliphatic carbocycles. The van der Waals surface area contributed by atoms with Gasteiger partial charge >= 0.3 is 41.5 Å². The van der Waals surface area contributed by atoms with Gasteiger partial charge in [0.05, 0.1) is 11.8 Å². The van der Waals surface area contributed by atoms with Crippen molar-refractivity contribution in [2.75, 3.05) is 7.11 Å². The van der Waals surface area contributed by atoms with E-state index in [9.17, 15) is 57.5 Å². The first-order valence-corrected chi connectivity index (χ1v) is 48.5. The van der Waals surface area contributed by atoms with Gasteiger partial charge in [0.15, 0.2) is 10.2 Å². The van der Waals surface area contributed by atoms with Gasteiger partial charge in [0.1, 0.15) is 23.1 Å². The van der Waals surface area contributed by atoms with Gasteiger partial charge in [-0.2, -0.15) is 0 Å². The molecule has 4 amide bonds. The summed E-state index contributed by atoms with van der Waals surface area (Å²) in [6, 6.07) is 39.1. The molecule has 0 radical (unpaired) electrons. The smallest absolute Gasteiger partial charge is 0.813 e. The van der Waals surface area contributed by atoms with Crippen LogP contribution >= 0.6 is 25.3 Å². The zero-order valence-corrected chi connectivity index (χ0v) is 72.9. The monoisotopic (exact) mass is 1710 g/mol. The number of Topliss-reactive ketones (excluding diaryl/α,β-unsaturated/α-hetero) is 4. The molecule has 554 valence electrons. The molecule has 4 aromatic rings. The standard InChI is InChI=1S/2C18H21NO5.2C14H18O2S.CH4O.CH4.Na.S14.H2S/c2*1-12(10-14-6-4-3-5-7-14)15(20)11-13(2)18(23)24-19-16(21)8-9-17(19)22;2*1-10(8-12-6-4-3-5-7-12)13(15)9-11(2)14(16)17;1-2;;;1-3-5-7-9-11-13-14-12-10-8-6-4-2;/h2*3-7,12-13H,8-11H2,1-2H3;2*3-7,10-11H,8-9H2,1-2H3,(H,16,17);2H,1H3;1H4;;;1H2/q;;;;;;+1;;/p-1/t12-,13+;12-,13-;10-,11+;10-,11-;;;;;/m0000...../s1. The second-order valence-electron chi connectivity index (χ2n) is 22.1. The molecule has 0 saturated carbocycles. The van der Waals surface area contributed by atoms with E-state index in [4.69, 9.17) is 37.2 Å². The first-order valence-electron chi connectivity index (χ1n) is 30.3. The summed E-state index contributed by atoms with van der Waals surface area (Å²) in [7, 11) is 20.9. The van der Waals surface area contributed by atoms with Gasteiger partial charge in [0.25, 0.3) is 23.6 Å². The van der Waals surface area contributed by atoms with Crippen LogP contribution in [0.1, 0.15) is 136 Å². The van der Waals surface area contributed by atoms with Crippen LogP contribution in [0, 0.1) is 47.3 Å². The number of amides is 4. The van der Waals surface area contributed by atoms with Crippen LogP contribution in [-0.2, 0) is 235 Å². The molecule has 2 aliphatic rings. The van der Waals surface area contributed by atoms with E-state index in [1.165, 1.54) is 17.8 Å². The van der Waals surface area contributed by atoms with Crippen LogP contribution in [0.25, 0.3) is 0 Å². The van der Waals surface area contributed by atoms with Crippen molar-refractivity contribution in [1.29, 1.82) is 0 Å². The molecule has 35 heteroatoms. The number of thiol groups is 3. The summed E-state index contributed by atoms with van der Waals surface area (Å²) in [6.45, 7) is 14.0. The van der Waals surface area contributed by atoms with Crippen LogP contribution < -0.4 is 29.6 Å². The molecule has 17 nitrogen and oxygen atoms in total. The quantitative estimate of drug-likeness (QED) is 0.0250. The Labute approximate surface area is 678 Å². The topological polar surface area (TPSA) is 250 Å². The molecule has 1 N–H and O–H groups in total. The number of aliphatic hydroxyl groups is 1. The van der Waals surface area contributed by atoms with Crippen molar-refractivity contribution in [3.8, 4) is 0 Å². The molecule has 2 heterocycles. The number of aliphatic hydroxyl groups excluding tert-OH is 1. The maximum atomic E-state index is 12.3. The van der Waals surface area contributed by atoms with Crippen molar-refractivity contribution in [2.24, 2.45) is 47.3 Å². The van der Waals surface area contributed by atoms with Gasteiger partial charge in [-0.1, -0.05) is 184 Å². The van der Waals surface area contributed by atoms with Crippen LogP contribution in [0.3, 0.4) is 0 Å². The van der Waals surface area contributed by atoms with Gasteiger partial charge in [0, 0.05) is 223 Å². The van der Waals surface area contributed by atoms with Crippen LogP contribution in [-0.4, -0.2) is 91.3 Å². The van der Waals surface area contributed by atoms with E-state index in [0.717, 1.165) is 42.2 Å². The Morgan fingerprint density at radius 3 is 0.752 bits per heavy atom. The first-order chi connectivity index (χ1) is 46.7. The summed E-state index contributed by atoms with van der Waals surface area (Å²) >= 11 is 16.9. The Morgan fingerprint density at radius 1 is 0.376 bits per heavy atom. The fraction of sp³-hybridized carbons (Fsp3) is 0.455. The van der Waals surface area contributed by atoms with Crippen molar-refractivity contribution in [3.05, 3.63) is 144 Å². The zero-order valence-electron chi connectivity index (χ0n) is 56.8. The zero-order chi connectivity index (χ0) is 73.5. The molecule has 0 unspecified atom stereocenters. The number of hydrogen-bond acceptors (Lipinski definition) is 18. The fourth-order valence-electron chi connectivity index (χ4n) is 8.47. The Hall–Kier alpha value is -2.79. The summed E-state index contributed by atoms with van der Waals surface area (Å²) in [5, 5.41) is 7.59. The number of nitrogens with zero attached hydrogens (tertiary/aromatic N) is 2. The van der Waals surface area contributed by atoms with E-state index >= 15 is 0 Å². The Kier molecular flexibility index (Phi) is 62.1. The van der Waals surface area contributed by atoms with Crippen molar-refractivity contribution in [2.45, 2.75) is 140 Å². The molecule has 2 fully saturated rings. The summed E-state index contributed by atoms with van der Waals surface area (Å²) in [4.78, 5) is 150. The average Bonchev–Trinajstić information content (AvgIpc) is 1.71.